The second kappa shape index (κ2) is 7.84. The number of aromatic nitrogens is 1. The fourth-order valence-electron chi connectivity index (χ4n) is 2.60. The third-order valence-electron chi connectivity index (χ3n) is 3.84. The number of carbonyl (C=O) groups excluding carboxylic acids is 2. The Kier molecular flexibility index (Phi) is 5.55. The average molecular weight is 380 g/mol. The molecule has 0 aliphatic carbocycles. The molecule has 2 amide bonds. The van der Waals surface area contributed by atoms with Crippen molar-refractivity contribution in [2.75, 3.05) is 18.5 Å². The van der Waals surface area contributed by atoms with E-state index in [1.54, 1.807) is 19.1 Å². The summed E-state index contributed by atoms with van der Waals surface area (Å²) in [6.45, 7) is 3.20. The fourth-order valence-corrected chi connectivity index (χ4v) is 3.74. The lowest BCUT2D eigenvalue weighted by molar-refractivity contribution is -0.131. The molecule has 1 aliphatic rings. The second-order valence-electron chi connectivity index (χ2n) is 5.60. The van der Waals surface area contributed by atoms with Crippen molar-refractivity contribution >= 4 is 40.1 Å². The molecule has 0 unspecified atom stereocenters. The van der Waals surface area contributed by atoms with Crippen LogP contribution in [0.2, 0.25) is 5.02 Å². The van der Waals surface area contributed by atoms with Gasteiger partial charge in [-0.2, -0.15) is 0 Å². The van der Waals surface area contributed by atoms with E-state index in [2.05, 4.69) is 10.3 Å². The van der Waals surface area contributed by atoms with Crippen LogP contribution in [0.3, 0.4) is 0 Å². The molecule has 25 heavy (non-hydrogen) atoms. The number of rotatable bonds is 4. The Labute approximate surface area is 154 Å². The molecule has 8 heteroatoms. The summed E-state index contributed by atoms with van der Waals surface area (Å²) in [4.78, 5) is 31.2. The monoisotopic (exact) mass is 379 g/mol. The van der Waals surface area contributed by atoms with Crippen molar-refractivity contribution in [3.63, 3.8) is 0 Å². The summed E-state index contributed by atoms with van der Waals surface area (Å²) in [5, 5.41) is 3.79. The zero-order valence-corrected chi connectivity index (χ0v) is 15.3. The number of carbonyl (C=O) groups is 2. The van der Waals surface area contributed by atoms with Gasteiger partial charge in [-0.05, 0) is 24.6 Å². The van der Waals surface area contributed by atoms with E-state index in [-0.39, 0.29) is 5.91 Å². The molecule has 1 aliphatic heterocycles. The summed E-state index contributed by atoms with van der Waals surface area (Å²) < 4.78 is 4.85. The first-order valence-electron chi connectivity index (χ1n) is 7.99. The maximum Gasteiger partial charge on any atom is 0.413 e. The summed E-state index contributed by atoms with van der Waals surface area (Å²) >= 11 is 7.26. The quantitative estimate of drug-likeness (QED) is 0.882. The molecule has 0 fully saturated rings. The Balaban J connectivity index is 1.62. The number of amides is 2. The highest BCUT2D eigenvalue weighted by molar-refractivity contribution is 7.15. The molecule has 1 aromatic carbocycles. The molecule has 3 rings (SSSR count). The molecule has 0 saturated carbocycles. The highest BCUT2D eigenvalue weighted by Gasteiger charge is 2.24. The van der Waals surface area contributed by atoms with E-state index in [4.69, 9.17) is 16.3 Å². The highest BCUT2D eigenvalue weighted by Crippen LogP contribution is 2.28. The predicted molar refractivity (Wildman–Crippen MR) is 97.0 cm³/mol. The van der Waals surface area contributed by atoms with Crippen LogP contribution in [-0.4, -0.2) is 35.0 Å². The van der Waals surface area contributed by atoms with Crippen molar-refractivity contribution in [3.8, 4) is 0 Å². The maximum absolute atomic E-state index is 12.5. The molecule has 0 bridgehead atoms. The Bertz CT molecular complexity index is 776. The van der Waals surface area contributed by atoms with Crippen molar-refractivity contribution in [2.24, 2.45) is 0 Å². The van der Waals surface area contributed by atoms with E-state index < -0.39 is 6.09 Å². The normalized spacial score (nSPS) is 13.3. The standard InChI is InChI=1S/C17H18ClN3O3S/c1-2-24-17(23)20-16-19-13-7-8-21(10-14(13)25-16)15(22)9-11-3-5-12(18)6-4-11/h3-6H,2,7-10H2,1H3,(H,19,20,23). The Morgan fingerprint density at radius 2 is 2.12 bits per heavy atom. The van der Waals surface area contributed by atoms with Gasteiger partial charge in [-0.15, -0.1) is 0 Å². The van der Waals surface area contributed by atoms with Gasteiger partial charge >= 0.3 is 6.09 Å². The summed E-state index contributed by atoms with van der Waals surface area (Å²) in [6.07, 6.45) is 0.520. The van der Waals surface area contributed by atoms with Gasteiger partial charge in [-0.3, -0.25) is 10.1 Å². The smallest absolute Gasteiger partial charge is 0.413 e. The summed E-state index contributed by atoms with van der Waals surface area (Å²) in [7, 11) is 0. The lowest BCUT2D eigenvalue weighted by Gasteiger charge is -2.26. The molecule has 6 nitrogen and oxygen atoms in total. The van der Waals surface area contributed by atoms with Gasteiger partial charge in [0.2, 0.25) is 5.91 Å². The number of hydrogen-bond donors (Lipinski definition) is 1. The Hall–Kier alpha value is -2.12. The molecule has 0 spiro atoms. The first kappa shape index (κ1) is 17.7. The number of anilines is 1. The van der Waals surface area contributed by atoms with E-state index in [0.717, 1.165) is 16.1 Å². The number of ether oxygens (including phenoxy) is 1. The lowest BCUT2D eigenvalue weighted by Crippen LogP contribution is -2.36. The van der Waals surface area contributed by atoms with Gasteiger partial charge in [0.25, 0.3) is 0 Å². The number of benzene rings is 1. The minimum absolute atomic E-state index is 0.0706. The minimum Gasteiger partial charge on any atom is -0.450 e. The van der Waals surface area contributed by atoms with Crippen LogP contribution in [0.1, 0.15) is 23.1 Å². The van der Waals surface area contributed by atoms with Crippen molar-refractivity contribution in [3.05, 3.63) is 45.4 Å². The predicted octanol–water partition coefficient (Wildman–Crippen LogP) is 3.49. The third kappa shape index (κ3) is 4.49. The molecular weight excluding hydrogens is 362 g/mol. The van der Waals surface area contributed by atoms with Crippen molar-refractivity contribution in [1.82, 2.24) is 9.88 Å². The first-order valence-corrected chi connectivity index (χ1v) is 9.19. The minimum atomic E-state index is -0.510. The number of thiazole rings is 1. The van der Waals surface area contributed by atoms with Crippen molar-refractivity contribution < 1.29 is 14.3 Å². The van der Waals surface area contributed by atoms with Crippen LogP contribution in [0.5, 0.6) is 0 Å². The van der Waals surface area contributed by atoms with Crippen LogP contribution in [0, 0.1) is 0 Å². The van der Waals surface area contributed by atoms with Crippen molar-refractivity contribution in [2.45, 2.75) is 26.3 Å². The van der Waals surface area contributed by atoms with Crippen LogP contribution in [0.4, 0.5) is 9.93 Å². The number of fused-ring (bicyclic) bond motifs is 1. The van der Waals surface area contributed by atoms with Gasteiger partial charge in [-0.1, -0.05) is 35.1 Å². The van der Waals surface area contributed by atoms with Gasteiger partial charge in [0.15, 0.2) is 5.13 Å². The van der Waals surface area contributed by atoms with E-state index in [1.807, 2.05) is 17.0 Å². The molecule has 2 heterocycles. The molecule has 0 radical (unpaired) electrons. The Morgan fingerprint density at radius 1 is 1.36 bits per heavy atom. The second-order valence-corrected chi connectivity index (χ2v) is 7.12. The van der Waals surface area contributed by atoms with E-state index >= 15 is 0 Å². The average Bonchev–Trinajstić information content (AvgIpc) is 2.98. The summed E-state index contributed by atoms with van der Waals surface area (Å²) in [5.41, 5.74) is 1.88. The van der Waals surface area contributed by atoms with Gasteiger partial charge in [0.1, 0.15) is 0 Å². The number of hydrogen-bond acceptors (Lipinski definition) is 5. The molecule has 0 saturated heterocycles. The zero-order valence-electron chi connectivity index (χ0n) is 13.8. The molecule has 1 N–H and O–H groups in total. The van der Waals surface area contributed by atoms with Gasteiger partial charge in [0, 0.05) is 22.9 Å². The molecule has 2 aromatic rings. The number of halogens is 1. The topological polar surface area (TPSA) is 71.5 Å². The van der Waals surface area contributed by atoms with Crippen molar-refractivity contribution in [1.29, 1.82) is 0 Å². The van der Waals surface area contributed by atoms with Gasteiger partial charge < -0.3 is 9.64 Å². The van der Waals surface area contributed by atoms with E-state index in [0.29, 0.717) is 42.7 Å². The zero-order chi connectivity index (χ0) is 17.8. The lowest BCUT2D eigenvalue weighted by atomic mass is 10.1. The van der Waals surface area contributed by atoms with Crippen LogP contribution in [-0.2, 0) is 28.9 Å². The molecule has 132 valence electrons. The molecule has 1 aromatic heterocycles. The van der Waals surface area contributed by atoms with Gasteiger partial charge in [-0.25, -0.2) is 9.78 Å². The van der Waals surface area contributed by atoms with Crippen LogP contribution in [0.25, 0.3) is 0 Å². The SMILES string of the molecule is CCOC(=O)Nc1nc2c(s1)CN(C(=O)Cc1ccc(Cl)cc1)CC2. The molecular formula is C17H18ClN3O3S. The van der Waals surface area contributed by atoms with Crippen LogP contribution < -0.4 is 5.32 Å². The van der Waals surface area contributed by atoms with Crippen LogP contribution in [0.15, 0.2) is 24.3 Å². The Morgan fingerprint density at radius 3 is 2.84 bits per heavy atom. The largest absolute Gasteiger partial charge is 0.450 e. The van der Waals surface area contributed by atoms with E-state index in [1.165, 1.54) is 11.3 Å². The number of nitrogens with zero attached hydrogens (tertiary/aromatic N) is 2. The van der Waals surface area contributed by atoms with Crippen LogP contribution >= 0.6 is 22.9 Å². The third-order valence-corrected chi connectivity index (χ3v) is 5.09. The summed E-state index contributed by atoms with van der Waals surface area (Å²) in [5.74, 6) is 0.0706. The maximum atomic E-state index is 12.5. The summed E-state index contributed by atoms with van der Waals surface area (Å²) in [6, 6.07) is 7.30. The highest BCUT2D eigenvalue weighted by atomic mass is 35.5. The van der Waals surface area contributed by atoms with Gasteiger partial charge in [0.05, 0.1) is 25.3 Å². The number of nitrogens with one attached hydrogen (secondary N) is 1. The fraction of sp³-hybridized carbons (Fsp3) is 0.353. The molecule has 0 atom stereocenters. The first-order chi connectivity index (χ1) is 12.0. The van der Waals surface area contributed by atoms with E-state index in [9.17, 15) is 9.59 Å².